The maximum atomic E-state index is 9.33. The molecule has 0 fully saturated rings. The van der Waals surface area contributed by atoms with E-state index < -0.39 is 0 Å². The third-order valence-corrected chi connectivity index (χ3v) is 3.67. The number of halogens is 2. The molecule has 0 aliphatic heterocycles. The normalized spacial score (nSPS) is 11.0. The number of hydrogen-bond acceptors (Lipinski definition) is 2. The van der Waals surface area contributed by atoms with Gasteiger partial charge in [0.05, 0.1) is 23.3 Å². The molecule has 0 heterocycles. The van der Waals surface area contributed by atoms with Crippen molar-refractivity contribution in [1.82, 2.24) is 0 Å². The highest BCUT2D eigenvalue weighted by Gasteiger charge is 2.04. The van der Waals surface area contributed by atoms with E-state index in [2.05, 4.69) is 22.0 Å². The van der Waals surface area contributed by atoms with Crippen LogP contribution in [0.25, 0.3) is 11.6 Å². The van der Waals surface area contributed by atoms with Gasteiger partial charge in [-0.25, -0.2) is 0 Å². The van der Waals surface area contributed by atoms with Gasteiger partial charge in [0.1, 0.15) is 5.75 Å². The molecule has 2 aromatic carbocycles. The van der Waals surface area contributed by atoms with E-state index in [1.54, 1.807) is 6.07 Å². The second kappa shape index (κ2) is 7.31. The van der Waals surface area contributed by atoms with Crippen LogP contribution in [0.4, 0.5) is 0 Å². The van der Waals surface area contributed by atoms with E-state index in [1.165, 1.54) is 0 Å². The third kappa shape index (κ3) is 4.10. The summed E-state index contributed by atoms with van der Waals surface area (Å²) in [6.07, 6.45) is 1.81. The van der Waals surface area contributed by atoms with E-state index in [-0.39, 0.29) is 0 Å². The summed E-state index contributed by atoms with van der Waals surface area (Å²) in [4.78, 5) is 0. The monoisotopic (exact) mass is 361 g/mol. The third-order valence-electron chi connectivity index (χ3n) is 2.84. The number of allylic oxidation sites excluding steroid dienone is 1. The molecule has 0 N–H and O–H groups in total. The molecule has 0 unspecified atom stereocenters. The highest BCUT2D eigenvalue weighted by atomic mass is 79.9. The van der Waals surface area contributed by atoms with Crippen LogP contribution in [0.2, 0.25) is 5.02 Å². The number of nitriles is 1. The minimum atomic E-state index is 0.540. The standard InChI is InChI=1S/C17H13BrClNO/c1-2-21-17-8-3-12(10-16(17)19)9-14(11-20)13-4-6-15(18)7-5-13/h3-10H,2H2,1H3/b14-9-. The number of benzene rings is 2. The number of hydrogen-bond donors (Lipinski definition) is 0. The van der Waals surface area contributed by atoms with Crippen LogP contribution in [0.5, 0.6) is 5.75 Å². The highest BCUT2D eigenvalue weighted by molar-refractivity contribution is 9.10. The minimum absolute atomic E-state index is 0.540. The van der Waals surface area contributed by atoms with Crippen LogP contribution in [0.1, 0.15) is 18.1 Å². The molecule has 0 amide bonds. The Kier molecular flexibility index (Phi) is 5.44. The quantitative estimate of drug-likeness (QED) is 0.526. The van der Waals surface area contributed by atoms with Crippen molar-refractivity contribution >= 4 is 39.2 Å². The lowest BCUT2D eigenvalue weighted by atomic mass is 10.0. The van der Waals surface area contributed by atoms with E-state index in [9.17, 15) is 5.26 Å². The Morgan fingerprint density at radius 3 is 2.57 bits per heavy atom. The highest BCUT2D eigenvalue weighted by Crippen LogP contribution is 2.27. The van der Waals surface area contributed by atoms with Crippen molar-refractivity contribution in [3.05, 3.63) is 63.1 Å². The zero-order chi connectivity index (χ0) is 15.2. The van der Waals surface area contributed by atoms with Gasteiger partial charge in [-0.2, -0.15) is 5.26 Å². The summed E-state index contributed by atoms with van der Waals surface area (Å²) >= 11 is 9.54. The largest absolute Gasteiger partial charge is 0.492 e. The molecule has 0 aliphatic carbocycles. The van der Waals surface area contributed by atoms with Crippen molar-refractivity contribution in [2.24, 2.45) is 0 Å². The van der Waals surface area contributed by atoms with Gasteiger partial charge in [0.2, 0.25) is 0 Å². The molecule has 0 aromatic heterocycles. The maximum Gasteiger partial charge on any atom is 0.137 e. The lowest BCUT2D eigenvalue weighted by Crippen LogP contribution is -1.92. The van der Waals surface area contributed by atoms with Gasteiger partial charge >= 0.3 is 0 Å². The van der Waals surface area contributed by atoms with Gasteiger partial charge < -0.3 is 4.74 Å². The van der Waals surface area contributed by atoms with E-state index in [1.807, 2.05) is 49.4 Å². The average molecular weight is 363 g/mol. The van der Waals surface area contributed by atoms with Crippen LogP contribution in [0.3, 0.4) is 0 Å². The van der Waals surface area contributed by atoms with Crippen LogP contribution in [0.15, 0.2) is 46.9 Å². The van der Waals surface area contributed by atoms with Crippen LogP contribution >= 0.6 is 27.5 Å². The van der Waals surface area contributed by atoms with E-state index in [4.69, 9.17) is 16.3 Å². The van der Waals surface area contributed by atoms with Gasteiger partial charge in [-0.05, 0) is 48.4 Å². The Morgan fingerprint density at radius 1 is 1.29 bits per heavy atom. The second-order valence-corrected chi connectivity index (χ2v) is 5.62. The zero-order valence-corrected chi connectivity index (χ0v) is 13.8. The first kappa shape index (κ1) is 15.6. The molecule has 0 saturated carbocycles. The molecule has 106 valence electrons. The summed E-state index contributed by atoms with van der Waals surface area (Å²) in [5, 5.41) is 9.87. The van der Waals surface area contributed by atoms with Crippen LogP contribution < -0.4 is 4.74 Å². The molecule has 2 rings (SSSR count). The Morgan fingerprint density at radius 2 is 2.00 bits per heavy atom. The summed E-state index contributed by atoms with van der Waals surface area (Å²) in [6, 6.07) is 15.3. The summed E-state index contributed by atoms with van der Waals surface area (Å²) in [5.74, 6) is 0.651. The Labute approximate surface area is 137 Å². The summed E-state index contributed by atoms with van der Waals surface area (Å²) in [7, 11) is 0. The van der Waals surface area contributed by atoms with Gasteiger partial charge in [-0.1, -0.05) is 45.7 Å². The second-order valence-electron chi connectivity index (χ2n) is 4.30. The smallest absolute Gasteiger partial charge is 0.137 e. The lowest BCUT2D eigenvalue weighted by molar-refractivity contribution is 0.340. The Hall–Kier alpha value is -1.76. The SMILES string of the molecule is CCOc1ccc(/C=C(/C#N)c2ccc(Br)cc2)cc1Cl. The predicted octanol–water partition coefficient (Wildman–Crippen LogP) is 5.57. The molecule has 2 aromatic rings. The van der Waals surface area contributed by atoms with Crippen molar-refractivity contribution in [2.45, 2.75) is 6.92 Å². The molecular weight excluding hydrogens is 350 g/mol. The topological polar surface area (TPSA) is 33.0 Å². The van der Waals surface area contributed by atoms with E-state index in [0.29, 0.717) is 23.0 Å². The molecule has 0 atom stereocenters. The molecular formula is C17H13BrClNO. The zero-order valence-electron chi connectivity index (χ0n) is 11.4. The van der Waals surface area contributed by atoms with Gasteiger partial charge in [0, 0.05) is 4.47 Å². The summed E-state index contributed by atoms with van der Waals surface area (Å²) in [6.45, 7) is 2.47. The van der Waals surface area contributed by atoms with Gasteiger partial charge in [-0.15, -0.1) is 0 Å². The molecule has 4 heteroatoms. The Balaban J connectivity index is 2.34. The number of nitrogens with zero attached hydrogens (tertiary/aromatic N) is 1. The fourth-order valence-electron chi connectivity index (χ4n) is 1.86. The van der Waals surface area contributed by atoms with E-state index >= 15 is 0 Å². The molecule has 0 aliphatic rings. The van der Waals surface area contributed by atoms with Crippen LogP contribution in [-0.2, 0) is 0 Å². The molecule has 0 radical (unpaired) electrons. The predicted molar refractivity (Wildman–Crippen MR) is 90.2 cm³/mol. The fourth-order valence-corrected chi connectivity index (χ4v) is 2.36. The minimum Gasteiger partial charge on any atom is -0.492 e. The summed E-state index contributed by atoms with van der Waals surface area (Å²) < 4.78 is 6.38. The fraction of sp³-hybridized carbons (Fsp3) is 0.118. The number of ether oxygens (including phenoxy) is 1. The van der Waals surface area contributed by atoms with E-state index in [0.717, 1.165) is 15.6 Å². The van der Waals surface area contributed by atoms with Crippen molar-refractivity contribution in [3.8, 4) is 11.8 Å². The van der Waals surface area contributed by atoms with Crippen molar-refractivity contribution in [2.75, 3.05) is 6.61 Å². The van der Waals surface area contributed by atoms with Gasteiger partial charge in [0.25, 0.3) is 0 Å². The van der Waals surface area contributed by atoms with Gasteiger partial charge in [0.15, 0.2) is 0 Å². The molecule has 21 heavy (non-hydrogen) atoms. The number of rotatable bonds is 4. The molecule has 0 saturated heterocycles. The molecule has 0 spiro atoms. The molecule has 0 bridgehead atoms. The van der Waals surface area contributed by atoms with Crippen molar-refractivity contribution in [3.63, 3.8) is 0 Å². The average Bonchev–Trinajstić information content (AvgIpc) is 2.48. The maximum absolute atomic E-state index is 9.33. The van der Waals surface area contributed by atoms with Gasteiger partial charge in [-0.3, -0.25) is 0 Å². The first-order chi connectivity index (χ1) is 10.1. The van der Waals surface area contributed by atoms with Crippen LogP contribution in [-0.4, -0.2) is 6.61 Å². The first-order valence-electron chi connectivity index (χ1n) is 6.44. The van der Waals surface area contributed by atoms with Crippen molar-refractivity contribution < 1.29 is 4.74 Å². The van der Waals surface area contributed by atoms with Crippen molar-refractivity contribution in [1.29, 1.82) is 5.26 Å². The lowest BCUT2D eigenvalue weighted by Gasteiger charge is -2.06. The van der Waals surface area contributed by atoms with Crippen LogP contribution in [0, 0.1) is 11.3 Å². The summed E-state index contributed by atoms with van der Waals surface area (Å²) in [5.41, 5.74) is 2.32. The first-order valence-corrected chi connectivity index (χ1v) is 7.61. The molecule has 2 nitrogen and oxygen atoms in total. The Bertz CT molecular complexity index is 702.